The second-order valence-electron chi connectivity index (χ2n) is 7.33. The number of likely N-dealkylation sites (N-methyl/N-ethyl adjacent to an activating group) is 1. The molecule has 1 fully saturated rings. The first-order valence-electron chi connectivity index (χ1n) is 8.89. The molecule has 144 valence electrons. The van der Waals surface area contributed by atoms with Gasteiger partial charge < -0.3 is 15.3 Å². The molecule has 0 unspecified atom stereocenters. The van der Waals surface area contributed by atoms with Crippen molar-refractivity contribution < 1.29 is 13.6 Å². The zero-order valence-electron chi connectivity index (χ0n) is 15.2. The molecule has 0 spiro atoms. The van der Waals surface area contributed by atoms with Crippen molar-refractivity contribution in [3.63, 3.8) is 0 Å². The minimum absolute atomic E-state index is 0.0815. The van der Waals surface area contributed by atoms with E-state index >= 15 is 0 Å². The number of para-hydroxylation sites is 1. The standard InChI is InChI=1S/C19H22N3O4S/c1-13-7-8-16-14(11-13)15-12-20(2)10-9-17(15)21(16)27(25,26)19-6-4-3-5-18(19)22(23)24/h3-8,11,15,17,23H,9-10,12H2,1-2H3/q-1/t15-,17+/m1/s1. The van der Waals surface area contributed by atoms with Gasteiger partial charge in [0.05, 0.1) is 17.4 Å². The number of likely N-dealkylation sites (tertiary alicyclic amines) is 1. The van der Waals surface area contributed by atoms with Crippen LogP contribution in [-0.2, 0) is 10.0 Å². The first-order chi connectivity index (χ1) is 12.8. The summed E-state index contributed by atoms with van der Waals surface area (Å²) in [6.07, 6.45) is 0.705. The Morgan fingerprint density at radius 1 is 1.22 bits per heavy atom. The van der Waals surface area contributed by atoms with E-state index in [1.54, 1.807) is 6.07 Å². The lowest BCUT2D eigenvalue weighted by Gasteiger charge is -2.37. The van der Waals surface area contributed by atoms with Crippen molar-refractivity contribution in [1.29, 1.82) is 0 Å². The van der Waals surface area contributed by atoms with Crippen molar-refractivity contribution in [1.82, 2.24) is 4.90 Å². The van der Waals surface area contributed by atoms with Gasteiger partial charge in [0.25, 0.3) is 10.0 Å². The summed E-state index contributed by atoms with van der Waals surface area (Å²) in [5.41, 5.74) is 2.50. The number of fused-ring (bicyclic) bond motifs is 3. The molecular formula is C19H22N3O4S-. The van der Waals surface area contributed by atoms with E-state index in [1.165, 1.54) is 22.5 Å². The number of piperidine rings is 1. The summed E-state index contributed by atoms with van der Waals surface area (Å²) in [5, 5.41) is 20.5. The summed E-state index contributed by atoms with van der Waals surface area (Å²) in [6.45, 7) is 3.58. The molecule has 27 heavy (non-hydrogen) atoms. The van der Waals surface area contributed by atoms with Gasteiger partial charge >= 0.3 is 0 Å². The molecule has 0 radical (unpaired) electrons. The van der Waals surface area contributed by atoms with Crippen molar-refractivity contribution in [2.75, 3.05) is 29.7 Å². The van der Waals surface area contributed by atoms with Gasteiger partial charge in [-0.25, -0.2) is 8.42 Å². The van der Waals surface area contributed by atoms with Crippen molar-refractivity contribution in [2.45, 2.75) is 30.2 Å². The van der Waals surface area contributed by atoms with Gasteiger partial charge in [-0.2, -0.15) is 0 Å². The van der Waals surface area contributed by atoms with Crippen LogP contribution in [0.4, 0.5) is 11.4 Å². The maximum atomic E-state index is 13.6. The molecule has 2 aromatic carbocycles. The predicted molar refractivity (Wildman–Crippen MR) is 104 cm³/mol. The van der Waals surface area contributed by atoms with Crippen LogP contribution in [0.3, 0.4) is 0 Å². The molecule has 2 atom stereocenters. The summed E-state index contributed by atoms with van der Waals surface area (Å²) in [7, 11) is -1.97. The van der Waals surface area contributed by atoms with E-state index < -0.39 is 10.0 Å². The molecule has 7 nitrogen and oxygen atoms in total. The van der Waals surface area contributed by atoms with E-state index in [9.17, 15) is 18.8 Å². The van der Waals surface area contributed by atoms with E-state index in [2.05, 4.69) is 11.0 Å². The van der Waals surface area contributed by atoms with Crippen molar-refractivity contribution >= 4 is 21.4 Å². The van der Waals surface area contributed by atoms with Crippen LogP contribution < -0.4 is 9.53 Å². The van der Waals surface area contributed by atoms with Crippen molar-refractivity contribution in [3.8, 4) is 0 Å². The number of rotatable bonds is 3. The summed E-state index contributed by atoms with van der Waals surface area (Å²) in [5.74, 6) is 0.0815. The van der Waals surface area contributed by atoms with Crippen LogP contribution in [0.2, 0.25) is 0 Å². The highest BCUT2D eigenvalue weighted by Gasteiger charge is 2.47. The lowest BCUT2D eigenvalue weighted by Crippen LogP contribution is -2.47. The topological polar surface area (TPSA) is 87.2 Å². The highest BCUT2D eigenvalue weighted by Crippen LogP contribution is 2.48. The molecule has 0 bridgehead atoms. The van der Waals surface area contributed by atoms with E-state index in [1.807, 2.05) is 26.1 Å². The molecule has 2 aliphatic heterocycles. The molecule has 1 N–H and O–H groups in total. The summed E-state index contributed by atoms with van der Waals surface area (Å²) in [4.78, 5) is 2.03. The number of sulfonamides is 1. The first kappa shape index (κ1) is 18.2. The second-order valence-corrected chi connectivity index (χ2v) is 9.11. The smallest absolute Gasteiger partial charge is 0.266 e. The molecule has 2 aliphatic rings. The average Bonchev–Trinajstić information content (AvgIpc) is 2.95. The maximum absolute atomic E-state index is 13.6. The highest BCUT2D eigenvalue weighted by atomic mass is 32.2. The molecule has 0 saturated carbocycles. The molecule has 0 aliphatic carbocycles. The Kier molecular flexibility index (Phi) is 4.38. The molecule has 1 saturated heterocycles. The van der Waals surface area contributed by atoms with Crippen LogP contribution in [0, 0.1) is 12.1 Å². The Balaban J connectivity index is 1.88. The van der Waals surface area contributed by atoms with Crippen LogP contribution >= 0.6 is 0 Å². The Bertz CT molecular complexity index is 977. The van der Waals surface area contributed by atoms with Gasteiger partial charge in [0.15, 0.2) is 0 Å². The molecule has 8 heteroatoms. The number of hydrogen-bond acceptors (Lipinski definition) is 6. The maximum Gasteiger partial charge on any atom is 0.266 e. The zero-order valence-corrected chi connectivity index (χ0v) is 16.1. The minimum atomic E-state index is -4.02. The summed E-state index contributed by atoms with van der Waals surface area (Å²) < 4.78 is 28.6. The Morgan fingerprint density at radius 2 is 1.96 bits per heavy atom. The quantitative estimate of drug-likeness (QED) is 0.814. The fourth-order valence-corrected chi connectivity index (χ4v) is 6.19. The van der Waals surface area contributed by atoms with Crippen LogP contribution in [0.25, 0.3) is 0 Å². The Labute approximate surface area is 159 Å². The minimum Gasteiger partial charge on any atom is -0.733 e. The van der Waals surface area contributed by atoms with E-state index in [0.29, 0.717) is 12.1 Å². The molecule has 4 rings (SSSR count). The Hall–Kier alpha value is -2.13. The van der Waals surface area contributed by atoms with E-state index in [0.717, 1.165) is 24.2 Å². The van der Waals surface area contributed by atoms with E-state index in [4.69, 9.17) is 0 Å². The molecule has 0 amide bonds. The van der Waals surface area contributed by atoms with Gasteiger partial charge in [-0.05, 0) is 50.7 Å². The van der Waals surface area contributed by atoms with Crippen LogP contribution in [0.5, 0.6) is 0 Å². The van der Waals surface area contributed by atoms with Crippen LogP contribution in [-0.4, -0.2) is 44.7 Å². The highest BCUT2D eigenvalue weighted by molar-refractivity contribution is 7.93. The molecule has 2 heterocycles. The molecule has 0 aromatic heterocycles. The number of nitrogens with zero attached hydrogens (tertiary/aromatic N) is 3. The summed E-state index contributed by atoms with van der Waals surface area (Å²) in [6, 6.07) is 11.3. The van der Waals surface area contributed by atoms with Crippen LogP contribution in [0.1, 0.15) is 23.5 Å². The fourth-order valence-electron chi connectivity index (χ4n) is 4.29. The van der Waals surface area contributed by atoms with Crippen LogP contribution in [0.15, 0.2) is 47.4 Å². The third kappa shape index (κ3) is 2.89. The number of anilines is 2. The largest absolute Gasteiger partial charge is 0.733 e. The average molecular weight is 388 g/mol. The third-order valence-electron chi connectivity index (χ3n) is 5.51. The van der Waals surface area contributed by atoms with Gasteiger partial charge in [0.2, 0.25) is 0 Å². The molecular weight excluding hydrogens is 366 g/mol. The first-order valence-corrected chi connectivity index (χ1v) is 10.3. The van der Waals surface area contributed by atoms with E-state index in [-0.39, 0.29) is 27.8 Å². The fraction of sp³-hybridized carbons (Fsp3) is 0.368. The lowest BCUT2D eigenvalue weighted by molar-refractivity contribution is 0.237. The van der Waals surface area contributed by atoms with Gasteiger partial charge in [0.1, 0.15) is 4.90 Å². The number of hydrogen-bond donors (Lipinski definition) is 1. The van der Waals surface area contributed by atoms with Crippen molar-refractivity contribution in [2.24, 2.45) is 0 Å². The normalized spacial score (nSPS) is 22.4. The monoisotopic (exact) mass is 388 g/mol. The lowest BCUT2D eigenvalue weighted by atomic mass is 9.89. The van der Waals surface area contributed by atoms with Gasteiger partial charge in [-0.1, -0.05) is 29.8 Å². The Morgan fingerprint density at radius 3 is 2.70 bits per heavy atom. The van der Waals surface area contributed by atoms with Gasteiger partial charge in [-0.15, -0.1) is 0 Å². The SMILES string of the molecule is Cc1ccc2c(c1)[C@H]1CN(C)CC[C@@H]1N2S(=O)(=O)c1ccccc1N([O-])O. The summed E-state index contributed by atoms with van der Waals surface area (Å²) >= 11 is 0. The number of benzene rings is 2. The van der Waals surface area contributed by atoms with Gasteiger partial charge in [0, 0.05) is 12.5 Å². The zero-order chi connectivity index (χ0) is 19.3. The van der Waals surface area contributed by atoms with Gasteiger partial charge in [-0.3, -0.25) is 9.51 Å². The number of aryl methyl sites for hydroxylation is 1. The second kappa shape index (κ2) is 6.49. The van der Waals surface area contributed by atoms with Crippen molar-refractivity contribution in [3.05, 3.63) is 58.8 Å². The molecule has 2 aromatic rings. The third-order valence-corrected chi connectivity index (χ3v) is 7.40. The predicted octanol–water partition coefficient (Wildman–Crippen LogP) is 2.69.